The van der Waals surface area contributed by atoms with E-state index in [0.29, 0.717) is 6.42 Å². The first-order valence-electron chi connectivity index (χ1n) is 8.06. The number of benzene rings is 1. The van der Waals surface area contributed by atoms with E-state index in [1.54, 1.807) is 0 Å². The van der Waals surface area contributed by atoms with Crippen LogP contribution in [0.3, 0.4) is 0 Å². The molecule has 0 bridgehead atoms. The summed E-state index contributed by atoms with van der Waals surface area (Å²) in [5.41, 5.74) is 0. The van der Waals surface area contributed by atoms with Crippen LogP contribution in [-0.4, -0.2) is 50.2 Å². The molecule has 0 N–H and O–H groups in total. The normalized spacial score (nSPS) is 11.0. The first-order chi connectivity index (χ1) is 12.3. The minimum absolute atomic E-state index is 0.0163. The standard InChI is InChI=1S/C17H21FN4O3S/c1-21(26(24,25)16-8-6-15(18)7-9-16)12-2-5-17(23)22(13-3-10-19)14-4-11-20/h6-9H,2-5,12-14H2,1H3. The van der Waals surface area contributed by atoms with E-state index < -0.39 is 15.8 Å². The van der Waals surface area contributed by atoms with E-state index in [1.807, 2.05) is 12.1 Å². The van der Waals surface area contributed by atoms with Gasteiger partial charge < -0.3 is 4.90 Å². The third kappa shape index (κ3) is 6.43. The van der Waals surface area contributed by atoms with Crippen molar-refractivity contribution in [3.63, 3.8) is 0 Å². The lowest BCUT2D eigenvalue weighted by Crippen LogP contribution is -2.34. The fraction of sp³-hybridized carbons (Fsp3) is 0.471. The van der Waals surface area contributed by atoms with Gasteiger partial charge in [-0.15, -0.1) is 0 Å². The zero-order valence-electron chi connectivity index (χ0n) is 14.6. The molecule has 26 heavy (non-hydrogen) atoms. The van der Waals surface area contributed by atoms with Gasteiger partial charge in [0.2, 0.25) is 15.9 Å². The van der Waals surface area contributed by atoms with Crippen molar-refractivity contribution in [1.82, 2.24) is 9.21 Å². The van der Waals surface area contributed by atoms with Crippen molar-refractivity contribution in [2.45, 2.75) is 30.6 Å². The maximum Gasteiger partial charge on any atom is 0.242 e. The fourth-order valence-corrected chi connectivity index (χ4v) is 3.46. The van der Waals surface area contributed by atoms with Gasteiger partial charge in [-0.3, -0.25) is 4.79 Å². The number of sulfonamides is 1. The highest BCUT2D eigenvalue weighted by atomic mass is 32.2. The second-order valence-corrected chi connectivity index (χ2v) is 7.63. The molecule has 0 aliphatic carbocycles. The molecule has 0 saturated heterocycles. The SMILES string of the molecule is CN(CCCC(=O)N(CCC#N)CCC#N)S(=O)(=O)c1ccc(F)cc1. The van der Waals surface area contributed by atoms with E-state index in [2.05, 4.69) is 0 Å². The van der Waals surface area contributed by atoms with Gasteiger partial charge in [-0.25, -0.2) is 17.1 Å². The molecule has 0 heterocycles. The molecule has 0 aliphatic rings. The summed E-state index contributed by atoms with van der Waals surface area (Å²) in [6, 6.07) is 8.45. The molecule has 0 aliphatic heterocycles. The summed E-state index contributed by atoms with van der Waals surface area (Å²) in [6.07, 6.45) is 0.761. The molecule has 0 spiro atoms. The highest BCUT2D eigenvalue weighted by molar-refractivity contribution is 7.89. The number of nitriles is 2. The number of carbonyl (C=O) groups is 1. The number of amides is 1. The molecule has 1 aromatic rings. The molecule has 1 aromatic carbocycles. The van der Waals surface area contributed by atoms with Crippen molar-refractivity contribution in [3.8, 4) is 12.1 Å². The third-order valence-electron chi connectivity index (χ3n) is 3.73. The topological polar surface area (TPSA) is 105 Å². The smallest absolute Gasteiger partial charge is 0.242 e. The van der Waals surface area contributed by atoms with Crippen LogP contribution >= 0.6 is 0 Å². The Kier molecular flexibility index (Phi) is 8.70. The van der Waals surface area contributed by atoms with E-state index in [4.69, 9.17) is 10.5 Å². The number of hydrogen-bond acceptors (Lipinski definition) is 5. The second kappa shape index (κ2) is 10.5. The Morgan fingerprint density at radius 2 is 1.62 bits per heavy atom. The molecule has 140 valence electrons. The summed E-state index contributed by atoms with van der Waals surface area (Å²) in [6.45, 7) is 0.622. The van der Waals surface area contributed by atoms with Crippen LogP contribution in [0.5, 0.6) is 0 Å². The van der Waals surface area contributed by atoms with Crippen LogP contribution in [0, 0.1) is 28.5 Å². The summed E-state index contributed by atoms with van der Waals surface area (Å²) in [7, 11) is -2.35. The van der Waals surface area contributed by atoms with E-state index in [0.717, 1.165) is 16.4 Å². The lowest BCUT2D eigenvalue weighted by molar-refractivity contribution is -0.131. The zero-order valence-corrected chi connectivity index (χ0v) is 15.4. The maximum absolute atomic E-state index is 12.9. The molecule has 0 fully saturated rings. The molecule has 0 radical (unpaired) electrons. The first kappa shape index (κ1) is 21.6. The Morgan fingerprint density at radius 3 is 2.12 bits per heavy atom. The maximum atomic E-state index is 12.9. The monoisotopic (exact) mass is 380 g/mol. The summed E-state index contributed by atoms with van der Waals surface area (Å²) < 4.78 is 38.8. The summed E-state index contributed by atoms with van der Waals surface area (Å²) in [5.74, 6) is -0.741. The van der Waals surface area contributed by atoms with E-state index in [1.165, 1.54) is 24.1 Å². The zero-order chi connectivity index (χ0) is 19.6. The Hall–Kier alpha value is -2.49. The third-order valence-corrected chi connectivity index (χ3v) is 5.60. The number of rotatable bonds is 10. The van der Waals surface area contributed by atoms with Crippen LogP contribution in [0.25, 0.3) is 0 Å². The number of nitrogens with zero attached hydrogens (tertiary/aromatic N) is 4. The number of hydrogen-bond donors (Lipinski definition) is 0. The van der Waals surface area contributed by atoms with Crippen LogP contribution in [0.1, 0.15) is 25.7 Å². The molecular weight excluding hydrogens is 359 g/mol. The highest BCUT2D eigenvalue weighted by Gasteiger charge is 2.21. The summed E-state index contributed by atoms with van der Waals surface area (Å²) >= 11 is 0. The van der Waals surface area contributed by atoms with Crippen molar-refractivity contribution in [2.75, 3.05) is 26.7 Å². The molecule has 7 nitrogen and oxygen atoms in total. The van der Waals surface area contributed by atoms with Crippen molar-refractivity contribution in [2.24, 2.45) is 0 Å². The van der Waals surface area contributed by atoms with Gasteiger partial charge in [0.05, 0.1) is 29.9 Å². The van der Waals surface area contributed by atoms with Gasteiger partial charge in [-0.05, 0) is 30.7 Å². The van der Waals surface area contributed by atoms with Crippen LogP contribution in [0.2, 0.25) is 0 Å². The Morgan fingerprint density at radius 1 is 1.08 bits per heavy atom. The molecule has 1 rings (SSSR count). The van der Waals surface area contributed by atoms with Crippen molar-refractivity contribution < 1.29 is 17.6 Å². The van der Waals surface area contributed by atoms with Crippen molar-refractivity contribution >= 4 is 15.9 Å². The largest absolute Gasteiger partial charge is 0.341 e. The van der Waals surface area contributed by atoms with Crippen LogP contribution in [0.4, 0.5) is 4.39 Å². The molecule has 0 atom stereocenters. The van der Waals surface area contributed by atoms with Crippen LogP contribution in [0.15, 0.2) is 29.2 Å². The van der Waals surface area contributed by atoms with Crippen LogP contribution in [-0.2, 0) is 14.8 Å². The van der Waals surface area contributed by atoms with Gasteiger partial charge in [0.1, 0.15) is 5.82 Å². The van der Waals surface area contributed by atoms with Gasteiger partial charge in [0, 0.05) is 33.1 Å². The summed E-state index contributed by atoms with van der Waals surface area (Å²) in [5, 5.41) is 17.3. The van der Waals surface area contributed by atoms with E-state index in [-0.39, 0.29) is 49.7 Å². The molecular formula is C17H21FN4O3S. The predicted octanol–water partition coefficient (Wildman–Crippen LogP) is 1.88. The number of carbonyl (C=O) groups excluding carboxylic acids is 1. The van der Waals surface area contributed by atoms with Crippen LogP contribution < -0.4 is 0 Å². The van der Waals surface area contributed by atoms with Gasteiger partial charge in [0.25, 0.3) is 0 Å². The Balaban J connectivity index is 2.59. The van der Waals surface area contributed by atoms with Crippen molar-refractivity contribution in [1.29, 1.82) is 10.5 Å². The van der Waals surface area contributed by atoms with Crippen molar-refractivity contribution in [3.05, 3.63) is 30.1 Å². The lowest BCUT2D eigenvalue weighted by atomic mass is 10.2. The van der Waals surface area contributed by atoms with Gasteiger partial charge in [-0.1, -0.05) is 0 Å². The van der Waals surface area contributed by atoms with E-state index >= 15 is 0 Å². The lowest BCUT2D eigenvalue weighted by Gasteiger charge is -2.21. The average Bonchev–Trinajstić information content (AvgIpc) is 2.62. The number of halogens is 1. The Bertz CT molecular complexity index is 764. The molecule has 0 aromatic heterocycles. The quantitative estimate of drug-likeness (QED) is 0.616. The highest BCUT2D eigenvalue weighted by Crippen LogP contribution is 2.15. The minimum atomic E-state index is -3.75. The molecule has 1 amide bonds. The molecule has 0 unspecified atom stereocenters. The molecule has 0 saturated carbocycles. The summed E-state index contributed by atoms with van der Waals surface area (Å²) in [4.78, 5) is 13.6. The van der Waals surface area contributed by atoms with Gasteiger partial charge in [-0.2, -0.15) is 10.5 Å². The average molecular weight is 380 g/mol. The first-order valence-corrected chi connectivity index (χ1v) is 9.50. The fourth-order valence-electron chi connectivity index (χ4n) is 2.25. The van der Waals surface area contributed by atoms with Gasteiger partial charge >= 0.3 is 0 Å². The van der Waals surface area contributed by atoms with E-state index in [9.17, 15) is 17.6 Å². The minimum Gasteiger partial charge on any atom is -0.341 e. The van der Waals surface area contributed by atoms with Gasteiger partial charge in [0.15, 0.2) is 0 Å². The molecule has 9 heteroatoms. The predicted molar refractivity (Wildman–Crippen MR) is 92.5 cm³/mol. The Labute approximate surface area is 153 Å². The second-order valence-electron chi connectivity index (χ2n) is 5.58.